The van der Waals surface area contributed by atoms with Gasteiger partial charge in [-0.1, -0.05) is 13.8 Å². The van der Waals surface area contributed by atoms with Crippen LogP contribution in [0.3, 0.4) is 0 Å². The number of carbonyl (C=O) groups excluding carboxylic acids is 1. The lowest BCUT2D eigenvalue weighted by Crippen LogP contribution is -2.47. The smallest absolute Gasteiger partial charge is 0.223 e. The first-order valence-electron chi connectivity index (χ1n) is 5.79. The third-order valence-corrected chi connectivity index (χ3v) is 3.00. The van der Waals surface area contributed by atoms with Gasteiger partial charge in [-0.2, -0.15) is 0 Å². The van der Waals surface area contributed by atoms with Crippen molar-refractivity contribution in [3.8, 4) is 0 Å². The molecule has 1 rings (SSSR count). The van der Waals surface area contributed by atoms with Crippen molar-refractivity contribution in [2.75, 3.05) is 13.1 Å². The molecule has 0 aromatic rings. The Hall–Kier alpha value is -0.570. The monoisotopic (exact) mass is 198 g/mol. The Morgan fingerprint density at radius 2 is 2.21 bits per heavy atom. The molecule has 14 heavy (non-hydrogen) atoms. The number of rotatable bonds is 4. The number of carbonyl (C=O) groups is 1. The lowest BCUT2D eigenvalue weighted by Gasteiger charge is -2.25. The van der Waals surface area contributed by atoms with E-state index in [1.165, 1.54) is 6.42 Å². The van der Waals surface area contributed by atoms with Crippen LogP contribution in [0.2, 0.25) is 0 Å². The molecule has 0 spiro atoms. The van der Waals surface area contributed by atoms with Gasteiger partial charge in [0, 0.05) is 18.5 Å². The minimum atomic E-state index is 0.205. The Kier molecular flexibility index (Phi) is 4.94. The largest absolute Gasteiger partial charge is 0.352 e. The molecule has 3 nitrogen and oxygen atoms in total. The molecule has 0 aromatic heterocycles. The molecule has 0 bridgehead atoms. The van der Waals surface area contributed by atoms with E-state index in [0.29, 0.717) is 6.04 Å². The van der Waals surface area contributed by atoms with Crippen molar-refractivity contribution in [3.63, 3.8) is 0 Å². The molecule has 2 N–H and O–H groups in total. The maximum atomic E-state index is 11.7. The second-order valence-electron chi connectivity index (χ2n) is 4.07. The Bertz CT molecular complexity index is 172. The highest BCUT2D eigenvalue weighted by atomic mass is 16.1. The van der Waals surface area contributed by atoms with Gasteiger partial charge in [0.2, 0.25) is 5.91 Å². The van der Waals surface area contributed by atoms with Crippen LogP contribution in [0.1, 0.15) is 39.5 Å². The summed E-state index contributed by atoms with van der Waals surface area (Å²) >= 11 is 0. The van der Waals surface area contributed by atoms with Crippen LogP contribution >= 0.6 is 0 Å². The molecule has 0 radical (unpaired) electrons. The van der Waals surface area contributed by atoms with Crippen LogP contribution in [-0.2, 0) is 4.79 Å². The predicted molar refractivity (Wildman–Crippen MR) is 58.1 cm³/mol. The van der Waals surface area contributed by atoms with Gasteiger partial charge in [-0.15, -0.1) is 0 Å². The minimum Gasteiger partial charge on any atom is -0.352 e. The van der Waals surface area contributed by atoms with E-state index in [0.717, 1.165) is 32.4 Å². The first-order valence-corrected chi connectivity index (χ1v) is 5.79. The molecule has 1 aliphatic heterocycles. The zero-order chi connectivity index (χ0) is 10.4. The van der Waals surface area contributed by atoms with E-state index in [1.54, 1.807) is 0 Å². The molecule has 0 saturated carbocycles. The summed E-state index contributed by atoms with van der Waals surface area (Å²) in [5.41, 5.74) is 0. The van der Waals surface area contributed by atoms with Gasteiger partial charge in [-0.05, 0) is 32.2 Å². The lowest BCUT2D eigenvalue weighted by molar-refractivity contribution is -0.126. The van der Waals surface area contributed by atoms with Gasteiger partial charge in [0.1, 0.15) is 0 Å². The summed E-state index contributed by atoms with van der Waals surface area (Å²) in [4.78, 5) is 11.7. The van der Waals surface area contributed by atoms with Crippen LogP contribution in [-0.4, -0.2) is 25.0 Å². The zero-order valence-corrected chi connectivity index (χ0v) is 9.31. The van der Waals surface area contributed by atoms with E-state index >= 15 is 0 Å². The van der Waals surface area contributed by atoms with Gasteiger partial charge in [0.15, 0.2) is 0 Å². The minimum absolute atomic E-state index is 0.205. The Morgan fingerprint density at radius 1 is 1.50 bits per heavy atom. The lowest BCUT2D eigenvalue weighted by atomic mass is 10.0. The molecule has 1 saturated heterocycles. The number of nitrogens with one attached hydrogen (secondary N) is 2. The highest BCUT2D eigenvalue weighted by Crippen LogP contribution is 2.09. The normalized spacial score (nSPS) is 22.4. The highest BCUT2D eigenvalue weighted by molar-refractivity contribution is 5.78. The first-order chi connectivity index (χ1) is 6.77. The second kappa shape index (κ2) is 6.02. The van der Waals surface area contributed by atoms with E-state index in [9.17, 15) is 4.79 Å². The fourth-order valence-electron chi connectivity index (χ4n) is 1.95. The molecular weight excluding hydrogens is 176 g/mol. The van der Waals surface area contributed by atoms with E-state index in [2.05, 4.69) is 24.5 Å². The molecule has 0 aliphatic carbocycles. The van der Waals surface area contributed by atoms with Crippen molar-refractivity contribution < 1.29 is 4.79 Å². The van der Waals surface area contributed by atoms with Crippen molar-refractivity contribution in [2.45, 2.75) is 45.6 Å². The SMILES string of the molecule is CCC(CC)C(=O)N[C@H]1CCCNC1. The molecule has 1 fully saturated rings. The number of amides is 1. The molecule has 1 amide bonds. The highest BCUT2D eigenvalue weighted by Gasteiger charge is 2.19. The average molecular weight is 198 g/mol. The summed E-state index contributed by atoms with van der Waals surface area (Å²) in [6.45, 7) is 6.18. The van der Waals surface area contributed by atoms with Crippen molar-refractivity contribution in [1.82, 2.24) is 10.6 Å². The third kappa shape index (κ3) is 3.29. The van der Waals surface area contributed by atoms with Gasteiger partial charge in [-0.3, -0.25) is 4.79 Å². The molecule has 1 heterocycles. The van der Waals surface area contributed by atoms with E-state index in [1.807, 2.05) is 0 Å². The average Bonchev–Trinajstić information content (AvgIpc) is 2.21. The Balaban J connectivity index is 2.30. The topological polar surface area (TPSA) is 41.1 Å². The number of hydrogen-bond acceptors (Lipinski definition) is 2. The third-order valence-electron chi connectivity index (χ3n) is 3.00. The first kappa shape index (κ1) is 11.5. The van der Waals surface area contributed by atoms with E-state index in [-0.39, 0.29) is 11.8 Å². The van der Waals surface area contributed by atoms with Crippen LogP contribution in [0.25, 0.3) is 0 Å². The van der Waals surface area contributed by atoms with Gasteiger partial charge in [0.25, 0.3) is 0 Å². The van der Waals surface area contributed by atoms with E-state index < -0.39 is 0 Å². The summed E-state index contributed by atoms with van der Waals surface area (Å²) in [7, 11) is 0. The van der Waals surface area contributed by atoms with Crippen LogP contribution in [0.4, 0.5) is 0 Å². The molecule has 3 heteroatoms. The summed E-state index contributed by atoms with van der Waals surface area (Å²) in [5, 5.41) is 6.42. The fraction of sp³-hybridized carbons (Fsp3) is 0.909. The number of piperidine rings is 1. The fourth-order valence-corrected chi connectivity index (χ4v) is 1.95. The van der Waals surface area contributed by atoms with Crippen molar-refractivity contribution in [2.24, 2.45) is 5.92 Å². The summed E-state index contributed by atoms with van der Waals surface area (Å²) in [6.07, 6.45) is 4.19. The molecule has 0 aromatic carbocycles. The molecule has 0 unspecified atom stereocenters. The van der Waals surface area contributed by atoms with Crippen molar-refractivity contribution >= 4 is 5.91 Å². The standard InChI is InChI=1S/C11H22N2O/c1-3-9(4-2)11(14)13-10-6-5-7-12-8-10/h9-10,12H,3-8H2,1-2H3,(H,13,14)/t10-/m0/s1. The zero-order valence-electron chi connectivity index (χ0n) is 9.31. The van der Waals surface area contributed by atoms with Crippen LogP contribution in [0.15, 0.2) is 0 Å². The predicted octanol–water partition coefficient (Wildman–Crippen LogP) is 1.29. The Labute approximate surface area is 86.6 Å². The van der Waals surface area contributed by atoms with Gasteiger partial charge in [0.05, 0.1) is 0 Å². The Morgan fingerprint density at radius 3 is 2.71 bits per heavy atom. The summed E-state index contributed by atoms with van der Waals surface area (Å²) in [5.74, 6) is 0.445. The maximum absolute atomic E-state index is 11.7. The van der Waals surface area contributed by atoms with E-state index in [4.69, 9.17) is 0 Å². The number of hydrogen-bond donors (Lipinski definition) is 2. The maximum Gasteiger partial charge on any atom is 0.223 e. The van der Waals surface area contributed by atoms with Crippen molar-refractivity contribution in [3.05, 3.63) is 0 Å². The van der Waals surface area contributed by atoms with Gasteiger partial charge < -0.3 is 10.6 Å². The second-order valence-corrected chi connectivity index (χ2v) is 4.07. The van der Waals surface area contributed by atoms with Crippen LogP contribution in [0.5, 0.6) is 0 Å². The summed E-state index contributed by atoms with van der Waals surface area (Å²) < 4.78 is 0. The van der Waals surface area contributed by atoms with Crippen LogP contribution in [0, 0.1) is 5.92 Å². The quantitative estimate of drug-likeness (QED) is 0.714. The molecule has 82 valence electrons. The molecular formula is C11H22N2O. The van der Waals surface area contributed by atoms with Gasteiger partial charge >= 0.3 is 0 Å². The van der Waals surface area contributed by atoms with Crippen LogP contribution < -0.4 is 10.6 Å². The molecule has 1 atom stereocenters. The van der Waals surface area contributed by atoms with Gasteiger partial charge in [-0.25, -0.2) is 0 Å². The summed E-state index contributed by atoms with van der Waals surface area (Å²) in [6, 6.07) is 0.358. The molecule has 1 aliphatic rings. The van der Waals surface area contributed by atoms with Crippen molar-refractivity contribution in [1.29, 1.82) is 0 Å².